The molecule has 0 saturated carbocycles. The van der Waals surface area contributed by atoms with Gasteiger partial charge in [0.05, 0.1) is 31.4 Å². The highest BCUT2D eigenvalue weighted by atomic mass is 19.1. The molecular weight excluding hydrogens is 492 g/mol. The molecule has 2 amide bonds. The van der Waals surface area contributed by atoms with E-state index < -0.39 is 18.0 Å². The van der Waals surface area contributed by atoms with Gasteiger partial charge in [0.15, 0.2) is 0 Å². The summed E-state index contributed by atoms with van der Waals surface area (Å²) in [5, 5.41) is 0. The maximum atomic E-state index is 14.9. The lowest BCUT2D eigenvalue weighted by Gasteiger charge is -2.31. The Kier molecular flexibility index (Phi) is 9.33. The van der Waals surface area contributed by atoms with Crippen LogP contribution in [-0.2, 0) is 27.3 Å². The summed E-state index contributed by atoms with van der Waals surface area (Å²) in [4.78, 5) is 27.6. The van der Waals surface area contributed by atoms with Gasteiger partial charge in [-0.05, 0) is 67.9 Å². The first-order valence-electron chi connectivity index (χ1n) is 13.3. The summed E-state index contributed by atoms with van der Waals surface area (Å²) in [6.45, 7) is 5.78. The minimum absolute atomic E-state index is 0.0587. The van der Waals surface area contributed by atoms with Crippen LogP contribution in [0.5, 0.6) is 0 Å². The number of hydrogen-bond donors (Lipinski definition) is 1. The molecule has 0 bridgehead atoms. The van der Waals surface area contributed by atoms with Gasteiger partial charge in [-0.15, -0.1) is 0 Å². The van der Waals surface area contributed by atoms with E-state index in [0.29, 0.717) is 38.2 Å². The third kappa shape index (κ3) is 7.29. The third-order valence-electron chi connectivity index (χ3n) is 7.06. The number of hydrogen-bond acceptors (Lipinski definition) is 5. The molecule has 206 valence electrons. The van der Waals surface area contributed by atoms with Gasteiger partial charge in [-0.2, -0.15) is 0 Å². The molecule has 2 heterocycles. The number of alkyl halides is 1. The fraction of sp³-hybridized carbons (Fsp3) is 0.517. The number of nitrogens with zero attached hydrogens (tertiary/aromatic N) is 2. The quantitative estimate of drug-likeness (QED) is 0.546. The molecule has 2 saturated heterocycles. The molecule has 2 aromatic carbocycles. The molecule has 2 aromatic rings. The van der Waals surface area contributed by atoms with Crippen LogP contribution in [0.15, 0.2) is 42.5 Å². The molecule has 9 heteroatoms. The Hall–Kier alpha value is -3.04. The molecule has 0 radical (unpaired) electrons. The second-order valence-electron chi connectivity index (χ2n) is 10.4. The highest BCUT2D eigenvalue weighted by Crippen LogP contribution is 2.24. The molecule has 2 aliphatic rings. The van der Waals surface area contributed by atoms with Crippen molar-refractivity contribution in [3.05, 3.63) is 59.4 Å². The first-order valence-corrected chi connectivity index (χ1v) is 13.3. The smallest absolute Gasteiger partial charge is 0.410 e. The topological polar surface area (TPSA) is 85.1 Å². The number of nitrogens with two attached hydrogens (primary N) is 1. The minimum atomic E-state index is -1.01. The van der Waals surface area contributed by atoms with Crippen LogP contribution in [-0.4, -0.2) is 72.4 Å². The van der Waals surface area contributed by atoms with Gasteiger partial charge in [-0.3, -0.25) is 4.79 Å². The van der Waals surface area contributed by atoms with E-state index in [-0.39, 0.29) is 37.2 Å². The van der Waals surface area contributed by atoms with Crippen molar-refractivity contribution >= 4 is 12.0 Å². The summed E-state index contributed by atoms with van der Waals surface area (Å²) < 4.78 is 39.6. The van der Waals surface area contributed by atoms with E-state index in [9.17, 15) is 18.4 Å². The highest BCUT2D eigenvalue weighted by molar-refractivity contribution is 5.82. The zero-order valence-corrected chi connectivity index (χ0v) is 22.1. The van der Waals surface area contributed by atoms with Gasteiger partial charge in [-0.25, -0.2) is 13.6 Å². The van der Waals surface area contributed by atoms with Crippen molar-refractivity contribution in [1.29, 1.82) is 0 Å². The Morgan fingerprint density at radius 1 is 1.00 bits per heavy atom. The molecule has 2 aliphatic heterocycles. The molecule has 0 aliphatic carbocycles. The van der Waals surface area contributed by atoms with E-state index in [1.54, 1.807) is 11.0 Å². The second kappa shape index (κ2) is 12.7. The lowest BCUT2D eigenvalue weighted by molar-refractivity contribution is -0.131. The van der Waals surface area contributed by atoms with Crippen molar-refractivity contribution in [2.75, 3.05) is 26.2 Å². The van der Waals surface area contributed by atoms with Gasteiger partial charge in [0.1, 0.15) is 12.0 Å². The number of carbonyl (C=O) groups is 2. The third-order valence-corrected chi connectivity index (χ3v) is 7.06. The van der Waals surface area contributed by atoms with E-state index in [1.165, 1.54) is 11.0 Å². The Balaban J connectivity index is 1.26. The maximum absolute atomic E-state index is 14.9. The van der Waals surface area contributed by atoms with Gasteiger partial charge in [0, 0.05) is 19.6 Å². The van der Waals surface area contributed by atoms with Crippen LogP contribution in [0.3, 0.4) is 0 Å². The summed E-state index contributed by atoms with van der Waals surface area (Å²) in [7, 11) is 0. The van der Waals surface area contributed by atoms with Crippen LogP contribution in [0.4, 0.5) is 13.6 Å². The van der Waals surface area contributed by atoms with Gasteiger partial charge in [0.25, 0.3) is 0 Å². The monoisotopic (exact) mass is 529 g/mol. The van der Waals surface area contributed by atoms with Crippen LogP contribution in [0.2, 0.25) is 0 Å². The standard InChI is InChI=1S/C29H37F2N3O4/c1-19(2)38-29(36)33-13-10-25(11-14-33)37-18-20-3-5-21(6-4-20)22-7-8-23(26(31)15-22)16-27(32)28(35)34-12-9-24(30)17-34/h3-8,15,19,24-25,27H,9-14,16-18,32H2,1-2H3/t24-,27-/m0/s1. The van der Waals surface area contributed by atoms with E-state index in [2.05, 4.69) is 0 Å². The molecule has 2 N–H and O–H groups in total. The van der Waals surface area contributed by atoms with Crippen LogP contribution in [0.1, 0.15) is 44.2 Å². The summed E-state index contributed by atoms with van der Waals surface area (Å²) in [6.07, 6.45) is 0.584. The maximum Gasteiger partial charge on any atom is 0.410 e. The van der Waals surface area contributed by atoms with Gasteiger partial charge >= 0.3 is 6.09 Å². The van der Waals surface area contributed by atoms with Crippen LogP contribution in [0.25, 0.3) is 11.1 Å². The van der Waals surface area contributed by atoms with Crippen molar-refractivity contribution < 1.29 is 27.8 Å². The summed E-state index contributed by atoms with van der Waals surface area (Å²) in [5.74, 6) is -0.766. The molecule has 7 nitrogen and oxygen atoms in total. The second-order valence-corrected chi connectivity index (χ2v) is 10.4. The SMILES string of the molecule is CC(C)OC(=O)N1CCC(OCc2ccc(-c3ccc(C[C@H](N)C(=O)N4CC[C@H](F)C4)c(F)c3)cc2)CC1. The Bertz CT molecular complexity index is 1100. The normalized spacial score (nSPS) is 19.2. The Labute approximate surface area is 222 Å². The number of likely N-dealkylation sites (tertiary alicyclic amines) is 2. The molecule has 2 atom stereocenters. The first-order chi connectivity index (χ1) is 18.2. The lowest BCUT2D eigenvalue weighted by Crippen LogP contribution is -2.44. The summed E-state index contributed by atoms with van der Waals surface area (Å²) >= 11 is 0. The fourth-order valence-electron chi connectivity index (χ4n) is 4.86. The lowest BCUT2D eigenvalue weighted by atomic mass is 9.99. The molecule has 38 heavy (non-hydrogen) atoms. The largest absolute Gasteiger partial charge is 0.447 e. The van der Waals surface area contributed by atoms with Gasteiger partial charge in [-0.1, -0.05) is 36.4 Å². The number of halogens is 2. The number of ether oxygens (including phenoxy) is 2. The van der Waals surface area contributed by atoms with E-state index >= 15 is 0 Å². The predicted molar refractivity (Wildman–Crippen MR) is 141 cm³/mol. The van der Waals surface area contributed by atoms with Crippen LogP contribution >= 0.6 is 0 Å². The first kappa shape index (κ1) is 28.0. The molecule has 2 fully saturated rings. The average Bonchev–Trinajstić information content (AvgIpc) is 3.34. The number of rotatable bonds is 8. The van der Waals surface area contributed by atoms with Crippen LogP contribution < -0.4 is 5.73 Å². The summed E-state index contributed by atoms with van der Waals surface area (Å²) in [5.41, 5.74) is 8.97. The number of amides is 2. The molecule has 0 spiro atoms. The Morgan fingerprint density at radius 2 is 1.66 bits per heavy atom. The van der Waals surface area contributed by atoms with Gasteiger partial charge in [0.2, 0.25) is 5.91 Å². The van der Waals surface area contributed by atoms with Gasteiger partial charge < -0.3 is 25.0 Å². The van der Waals surface area contributed by atoms with E-state index in [1.807, 2.05) is 44.2 Å². The summed E-state index contributed by atoms with van der Waals surface area (Å²) in [6, 6.07) is 11.8. The molecule has 0 aromatic heterocycles. The highest BCUT2D eigenvalue weighted by Gasteiger charge is 2.29. The minimum Gasteiger partial charge on any atom is -0.447 e. The molecule has 0 unspecified atom stereocenters. The number of carbonyl (C=O) groups excluding carboxylic acids is 2. The zero-order chi connectivity index (χ0) is 27.2. The van der Waals surface area contributed by atoms with E-state index in [0.717, 1.165) is 29.5 Å². The Morgan fingerprint density at radius 3 is 2.26 bits per heavy atom. The number of piperidine rings is 1. The van der Waals surface area contributed by atoms with Crippen molar-refractivity contribution in [2.45, 2.75) is 70.6 Å². The van der Waals surface area contributed by atoms with Crippen LogP contribution in [0, 0.1) is 5.82 Å². The van der Waals surface area contributed by atoms with Crippen molar-refractivity contribution in [3.8, 4) is 11.1 Å². The zero-order valence-electron chi connectivity index (χ0n) is 22.1. The van der Waals surface area contributed by atoms with Crippen molar-refractivity contribution in [2.24, 2.45) is 5.73 Å². The number of benzene rings is 2. The average molecular weight is 530 g/mol. The van der Waals surface area contributed by atoms with Crippen molar-refractivity contribution in [1.82, 2.24) is 9.80 Å². The molecular formula is C29H37F2N3O4. The van der Waals surface area contributed by atoms with Crippen molar-refractivity contribution in [3.63, 3.8) is 0 Å². The fourth-order valence-corrected chi connectivity index (χ4v) is 4.86. The van der Waals surface area contributed by atoms with E-state index in [4.69, 9.17) is 15.2 Å². The predicted octanol–water partition coefficient (Wildman–Crippen LogP) is 4.46. The molecule has 4 rings (SSSR count).